The zero-order valence-electron chi connectivity index (χ0n) is 16.4. The molecule has 0 aliphatic carbocycles. The van der Waals surface area contributed by atoms with Crippen molar-refractivity contribution in [2.45, 2.75) is 27.7 Å². The van der Waals surface area contributed by atoms with Crippen molar-refractivity contribution in [3.8, 4) is 0 Å². The minimum Gasteiger partial charge on any atom is -0.876 e. The maximum Gasteiger partial charge on any atom is 2.00 e. The van der Waals surface area contributed by atoms with Gasteiger partial charge in [0, 0.05) is 33.7 Å². The summed E-state index contributed by atoms with van der Waals surface area (Å²) in [5.74, 6) is -0.750. The summed E-state index contributed by atoms with van der Waals surface area (Å²) in [6.07, 6.45) is 9.09. The molecule has 0 bridgehead atoms. The fourth-order valence-corrected chi connectivity index (χ4v) is 1.80. The van der Waals surface area contributed by atoms with Crippen LogP contribution < -0.4 is 10.2 Å². The molecule has 0 aliphatic rings. The van der Waals surface area contributed by atoms with Crippen molar-refractivity contribution in [3.05, 3.63) is 81.7 Å². The van der Waals surface area contributed by atoms with Crippen molar-refractivity contribution in [2.75, 3.05) is 0 Å². The summed E-state index contributed by atoms with van der Waals surface area (Å²) in [5.41, 5.74) is 0. The van der Waals surface area contributed by atoms with Crippen LogP contribution in [0.4, 0.5) is 0 Å². The van der Waals surface area contributed by atoms with E-state index in [1.807, 2.05) is 24.3 Å². The van der Waals surface area contributed by atoms with Crippen LogP contribution in [0.5, 0.6) is 0 Å². The van der Waals surface area contributed by atoms with Gasteiger partial charge >= 0.3 is 16.5 Å². The number of allylic oxidation sites excluding steroid dienone is 4. The number of aromatic nitrogens is 2. The van der Waals surface area contributed by atoms with Crippen molar-refractivity contribution in [3.63, 3.8) is 0 Å². The minimum absolute atomic E-state index is 0. The SMILES string of the molecule is Brc1cccnc1.Brc1cccnc1.CC(=O)/C=C(/C)[O-].CC(=O)/C=C(/C)[O-].[Ni+2]. The van der Waals surface area contributed by atoms with Gasteiger partial charge in [0.1, 0.15) is 0 Å². The second-order valence-corrected chi connectivity index (χ2v) is 6.91. The predicted octanol–water partition coefficient (Wildman–Crippen LogP) is 3.36. The Morgan fingerprint density at radius 1 is 0.793 bits per heavy atom. The Morgan fingerprint density at radius 2 is 1.10 bits per heavy atom. The third kappa shape index (κ3) is 31.1. The monoisotopic (exact) mass is 570 g/mol. The van der Waals surface area contributed by atoms with E-state index in [-0.39, 0.29) is 39.6 Å². The van der Waals surface area contributed by atoms with Crippen molar-refractivity contribution in [1.29, 1.82) is 0 Å². The van der Waals surface area contributed by atoms with E-state index in [4.69, 9.17) is 0 Å². The number of pyridine rings is 2. The number of rotatable bonds is 2. The quantitative estimate of drug-likeness (QED) is 0.310. The summed E-state index contributed by atoms with van der Waals surface area (Å²) in [6, 6.07) is 7.63. The van der Waals surface area contributed by atoms with Gasteiger partial charge in [0.25, 0.3) is 0 Å². The molecule has 0 radical (unpaired) electrons. The molecule has 2 aromatic rings. The molecule has 0 aromatic carbocycles. The van der Waals surface area contributed by atoms with E-state index >= 15 is 0 Å². The van der Waals surface area contributed by atoms with E-state index in [1.54, 1.807) is 24.8 Å². The van der Waals surface area contributed by atoms with Crippen LogP contribution in [0.1, 0.15) is 27.7 Å². The van der Waals surface area contributed by atoms with E-state index in [0.29, 0.717) is 0 Å². The standard InChI is InChI=1S/2C5H4BrN.2C5H8O2.Ni/c2*6-5-2-1-3-7-4-5;2*1-4(6)3-5(2)7;/h2*1-4H;2*3,6H,1-2H3;/q;;;;+2/p-2/b;;2*4-3-;. The van der Waals surface area contributed by atoms with Crippen LogP contribution in [-0.4, -0.2) is 21.5 Å². The molecule has 0 aliphatic heterocycles. The van der Waals surface area contributed by atoms with Gasteiger partial charge in [-0.3, -0.25) is 19.6 Å². The Hall–Kier alpha value is -1.83. The van der Waals surface area contributed by atoms with Gasteiger partial charge < -0.3 is 10.2 Å². The van der Waals surface area contributed by atoms with E-state index in [1.165, 1.54) is 27.7 Å². The second kappa shape index (κ2) is 20.9. The Kier molecular flexibility index (Phi) is 23.0. The number of ketones is 2. The number of halogens is 2. The molecule has 29 heavy (non-hydrogen) atoms. The summed E-state index contributed by atoms with van der Waals surface area (Å²) in [6.45, 7) is 5.39. The molecule has 0 unspecified atom stereocenters. The summed E-state index contributed by atoms with van der Waals surface area (Å²) < 4.78 is 2.05. The van der Waals surface area contributed by atoms with Crippen LogP contribution in [0.15, 0.2) is 81.7 Å². The molecule has 0 fully saturated rings. The molecule has 2 heterocycles. The summed E-state index contributed by atoms with van der Waals surface area (Å²) in [4.78, 5) is 27.6. The fourth-order valence-electron chi connectivity index (χ4n) is 1.26. The van der Waals surface area contributed by atoms with Gasteiger partial charge in [-0.15, -0.1) is 11.5 Å². The van der Waals surface area contributed by atoms with Gasteiger partial charge in [0.15, 0.2) is 11.6 Å². The minimum atomic E-state index is -0.187. The second-order valence-electron chi connectivity index (χ2n) is 5.07. The maximum absolute atomic E-state index is 9.98. The van der Waals surface area contributed by atoms with Crippen LogP contribution in [0.3, 0.4) is 0 Å². The van der Waals surface area contributed by atoms with Gasteiger partial charge in [0.2, 0.25) is 0 Å². The fraction of sp³-hybridized carbons (Fsp3) is 0.200. The molecule has 0 saturated carbocycles. The topological polar surface area (TPSA) is 106 Å². The molecular formula is C20H22Br2N2NiO4. The average Bonchev–Trinajstić information content (AvgIpc) is 2.55. The molecule has 160 valence electrons. The Morgan fingerprint density at radius 3 is 1.17 bits per heavy atom. The van der Waals surface area contributed by atoms with Crippen LogP contribution in [-0.2, 0) is 26.1 Å². The molecule has 0 atom stereocenters. The maximum atomic E-state index is 9.98. The summed E-state index contributed by atoms with van der Waals surface area (Å²) in [7, 11) is 0. The van der Waals surface area contributed by atoms with Gasteiger partial charge in [-0.05, 0) is 82.1 Å². The zero-order valence-corrected chi connectivity index (χ0v) is 20.5. The van der Waals surface area contributed by atoms with E-state index in [2.05, 4.69) is 41.8 Å². The van der Waals surface area contributed by atoms with Crippen LogP contribution in [0.25, 0.3) is 0 Å². The number of nitrogens with zero attached hydrogens (tertiary/aromatic N) is 2. The number of carbonyl (C=O) groups excluding carboxylic acids is 2. The smallest absolute Gasteiger partial charge is 0.876 e. The molecule has 2 aromatic heterocycles. The predicted molar refractivity (Wildman–Crippen MR) is 113 cm³/mol. The largest absolute Gasteiger partial charge is 2.00 e. The van der Waals surface area contributed by atoms with Gasteiger partial charge in [-0.1, -0.05) is 13.8 Å². The van der Waals surface area contributed by atoms with Crippen molar-refractivity contribution in [2.24, 2.45) is 0 Å². The third-order valence-corrected chi connectivity index (χ3v) is 3.00. The van der Waals surface area contributed by atoms with Crippen molar-refractivity contribution < 1.29 is 36.3 Å². The van der Waals surface area contributed by atoms with Crippen molar-refractivity contribution >= 4 is 43.4 Å². The van der Waals surface area contributed by atoms with Crippen LogP contribution >= 0.6 is 31.9 Å². The molecular weight excluding hydrogens is 551 g/mol. The molecule has 0 saturated heterocycles. The first-order valence-electron chi connectivity index (χ1n) is 7.87. The Bertz CT molecular complexity index is 682. The third-order valence-electron chi connectivity index (χ3n) is 2.06. The van der Waals surface area contributed by atoms with E-state index in [0.717, 1.165) is 21.1 Å². The summed E-state index contributed by atoms with van der Waals surface area (Å²) in [5, 5.41) is 20.0. The molecule has 9 heteroatoms. The van der Waals surface area contributed by atoms with Crippen molar-refractivity contribution in [1.82, 2.24) is 9.97 Å². The molecule has 0 amide bonds. The first-order valence-corrected chi connectivity index (χ1v) is 9.46. The zero-order chi connectivity index (χ0) is 21.9. The van der Waals surface area contributed by atoms with Crippen LogP contribution in [0, 0.1) is 0 Å². The average molecular weight is 573 g/mol. The first-order chi connectivity index (χ1) is 13.0. The Balaban J connectivity index is -0.000000307. The molecule has 0 N–H and O–H groups in total. The van der Waals surface area contributed by atoms with Gasteiger partial charge in [0.05, 0.1) is 0 Å². The first kappa shape index (κ1) is 31.9. The number of hydrogen-bond acceptors (Lipinski definition) is 6. The van der Waals surface area contributed by atoms with E-state index < -0.39 is 0 Å². The number of carbonyl (C=O) groups is 2. The van der Waals surface area contributed by atoms with Crippen LogP contribution in [0.2, 0.25) is 0 Å². The Labute approximate surface area is 198 Å². The molecule has 2 rings (SSSR count). The van der Waals surface area contributed by atoms with Gasteiger partial charge in [-0.25, -0.2) is 0 Å². The molecule has 0 spiro atoms. The van der Waals surface area contributed by atoms with Gasteiger partial charge in [-0.2, -0.15) is 0 Å². The summed E-state index contributed by atoms with van der Waals surface area (Å²) >= 11 is 6.50. The normalized spacial score (nSPS) is 9.72. The number of hydrogen-bond donors (Lipinski definition) is 0. The molecule has 6 nitrogen and oxygen atoms in total. The van der Waals surface area contributed by atoms with E-state index in [9.17, 15) is 19.8 Å².